The number of rotatable bonds is 5. The van der Waals surface area contributed by atoms with E-state index < -0.39 is 5.97 Å². The van der Waals surface area contributed by atoms with Gasteiger partial charge in [-0.25, -0.2) is 4.79 Å². The molecule has 1 aromatic rings. The molecule has 0 spiro atoms. The van der Waals surface area contributed by atoms with Gasteiger partial charge in [0.1, 0.15) is 6.61 Å². The average Bonchev–Trinajstić information content (AvgIpc) is 2.48. The fourth-order valence-corrected chi connectivity index (χ4v) is 2.54. The van der Waals surface area contributed by atoms with Crippen LogP contribution in [0.4, 0.5) is 0 Å². The lowest BCUT2D eigenvalue weighted by atomic mass is 10.0. The van der Waals surface area contributed by atoms with Gasteiger partial charge in [0.05, 0.1) is 12.5 Å². The normalized spacial score (nSPS) is 16.0. The summed E-state index contributed by atoms with van der Waals surface area (Å²) < 4.78 is 5.27. The molecule has 1 aromatic carbocycles. The van der Waals surface area contributed by atoms with E-state index in [9.17, 15) is 9.59 Å². The van der Waals surface area contributed by atoms with Gasteiger partial charge in [0.25, 0.3) is 0 Å². The quantitative estimate of drug-likeness (QED) is 0.895. The smallest absolute Gasteiger partial charge is 0.329 e. The molecule has 21 heavy (non-hydrogen) atoms. The third-order valence-electron chi connectivity index (χ3n) is 3.84. The minimum Gasteiger partial charge on any atom is -0.480 e. The first kappa shape index (κ1) is 15.5. The van der Waals surface area contributed by atoms with E-state index in [2.05, 4.69) is 0 Å². The molecule has 114 valence electrons. The monoisotopic (exact) mass is 291 g/mol. The second-order valence-corrected chi connectivity index (χ2v) is 5.39. The lowest BCUT2D eigenvalue weighted by Gasteiger charge is -2.31. The number of likely N-dealkylation sites (tertiary alicyclic amines) is 1. The number of nitrogens with zero attached hydrogens (tertiary/aromatic N) is 1. The third-order valence-corrected chi connectivity index (χ3v) is 3.84. The number of aryl methyl sites for hydroxylation is 1. The Morgan fingerprint density at radius 3 is 2.57 bits per heavy atom. The summed E-state index contributed by atoms with van der Waals surface area (Å²) in [5, 5.41) is 8.58. The van der Waals surface area contributed by atoms with Gasteiger partial charge < -0.3 is 14.7 Å². The van der Waals surface area contributed by atoms with Gasteiger partial charge in [-0.1, -0.05) is 24.3 Å². The van der Waals surface area contributed by atoms with Crippen LogP contribution in [0, 0.1) is 6.92 Å². The largest absolute Gasteiger partial charge is 0.480 e. The number of carboxylic acid groups (broad SMARTS) is 1. The van der Waals surface area contributed by atoms with E-state index in [1.807, 2.05) is 36.1 Å². The minimum atomic E-state index is -0.951. The van der Waals surface area contributed by atoms with Crippen molar-refractivity contribution in [3.63, 3.8) is 0 Å². The van der Waals surface area contributed by atoms with Crippen molar-refractivity contribution in [2.75, 3.05) is 19.7 Å². The third kappa shape index (κ3) is 4.56. The van der Waals surface area contributed by atoms with Crippen molar-refractivity contribution >= 4 is 11.9 Å². The molecule has 0 aliphatic carbocycles. The molecule has 0 radical (unpaired) electrons. The lowest BCUT2D eigenvalue weighted by Crippen LogP contribution is -2.42. The second kappa shape index (κ2) is 7.22. The lowest BCUT2D eigenvalue weighted by molar-refractivity contribution is -0.146. The molecular weight excluding hydrogens is 270 g/mol. The molecule has 1 amide bonds. The summed E-state index contributed by atoms with van der Waals surface area (Å²) in [5.74, 6) is -0.825. The number of carbonyl (C=O) groups excluding carboxylic acids is 1. The van der Waals surface area contributed by atoms with Gasteiger partial charge in [-0.2, -0.15) is 0 Å². The summed E-state index contributed by atoms with van der Waals surface area (Å²) in [6.07, 6.45) is 1.77. The maximum atomic E-state index is 12.3. The molecule has 1 aliphatic heterocycles. The Hall–Kier alpha value is -1.88. The molecule has 1 N–H and O–H groups in total. The summed E-state index contributed by atoms with van der Waals surface area (Å²) in [5.41, 5.74) is 2.19. The second-order valence-electron chi connectivity index (χ2n) is 5.39. The van der Waals surface area contributed by atoms with Gasteiger partial charge >= 0.3 is 5.97 Å². The molecule has 5 nitrogen and oxygen atoms in total. The zero-order chi connectivity index (χ0) is 15.2. The number of carboxylic acids is 1. The molecule has 1 saturated heterocycles. The minimum absolute atomic E-state index is 0.0522. The van der Waals surface area contributed by atoms with Crippen molar-refractivity contribution < 1.29 is 19.4 Å². The number of aliphatic carboxylic acids is 1. The standard InChI is InChI=1S/C16H21NO4/c1-12-4-2-3-5-13(12)10-15(18)17-8-6-14(7-9-17)21-11-16(19)20/h2-5,14H,6-11H2,1H3,(H,19,20). The first-order valence-electron chi connectivity index (χ1n) is 7.22. The number of amides is 1. The van der Waals surface area contributed by atoms with Crippen LogP contribution in [0.25, 0.3) is 0 Å². The highest BCUT2D eigenvalue weighted by molar-refractivity contribution is 5.79. The zero-order valence-electron chi connectivity index (χ0n) is 12.2. The molecule has 5 heteroatoms. The van der Waals surface area contributed by atoms with Gasteiger partial charge in [-0.05, 0) is 30.9 Å². The molecule has 0 aromatic heterocycles. The SMILES string of the molecule is Cc1ccccc1CC(=O)N1CCC(OCC(=O)O)CC1. The molecule has 0 bridgehead atoms. The Morgan fingerprint density at radius 1 is 1.29 bits per heavy atom. The zero-order valence-corrected chi connectivity index (χ0v) is 12.2. The number of ether oxygens (including phenoxy) is 1. The highest BCUT2D eigenvalue weighted by Gasteiger charge is 2.23. The van der Waals surface area contributed by atoms with Crippen molar-refractivity contribution in [3.8, 4) is 0 Å². The fraction of sp³-hybridized carbons (Fsp3) is 0.500. The first-order chi connectivity index (χ1) is 10.1. The molecule has 0 saturated carbocycles. The van der Waals surface area contributed by atoms with Crippen LogP contribution in [0.5, 0.6) is 0 Å². The Kier molecular flexibility index (Phi) is 5.33. The van der Waals surface area contributed by atoms with Crippen LogP contribution in [0.2, 0.25) is 0 Å². The van der Waals surface area contributed by atoms with Gasteiger partial charge in [0.15, 0.2) is 0 Å². The van der Waals surface area contributed by atoms with Crippen molar-refractivity contribution in [2.45, 2.75) is 32.3 Å². The Balaban J connectivity index is 1.81. The van der Waals surface area contributed by atoms with E-state index in [0.29, 0.717) is 32.4 Å². The van der Waals surface area contributed by atoms with E-state index in [0.717, 1.165) is 11.1 Å². The van der Waals surface area contributed by atoms with E-state index in [1.165, 1.54) is 0 Å². The van der Waals surface area contributed by atoms with Crippen LogP contribution in [0.3, 0.4) is 0 Å². The van der Waals surface area contributed by atoms with Crippen molar-refractivity contribution in [1.29, 1.82) is 0 Å². The number of hydrogen-bond acceptors (Lipinski definition) is 3. The summed E-state index contributed by atoms with van der Waals surface area (Å²) in [6, 6.07) is 7.90. The fourth-order valence-electron chi connectivity index (χ4n) is 2.54. The van der Waals surface area contributed by atoms with E-state index >= 15 is 0 Å². The number of benzene rings is 1. The molecule has 1 fully saturated rings. The first-order valence-corrected chi connectivity index (χ1v) is 7.22. The molecular formula is C16H21NO4. The van der Waals surface area contributed by atoms with Crippen LogP contribution >= 0.6 is 0 Å². The van der Waals surface area contributed by atoms with Crippen molar-refractivity contribution in [2.24, 2.45) is 0 Å². The maximum absolute atomic E-state index is 12.3. The topological polar surface area (TPSA) is 66.8 Å². The van der Waals surface area contributed by atoms with E-state index in [1.54, 1.807) is 0 Å². The predicted octanol–water partition coefficient (Wildman–Crippen LogP) is 1.63. The van der Waals surface area contributed by atoms with Gasteiger partial charge in [-0.3, -0.25) is 4.79 Å². The highest BCUT2D eigenvalue weighted by atomic mass is 16.5. The molecule has 1 heterocycles. The van der Waals surface area contributed by atoms with Crippen molar-refractivity contribution in [3.05, 3.63) is 35.4 Å². The number of carbonyl (C=O) groups is 2. The van der Waals surface area contributed by atoms with Crippen LogP contribution in [0.15, 0.2) is 24.3 Å². The van der Waals surface area contributed by atoms with Crippen LogP contribution < -0.4 is 0 Å². The Bertz CT molecular complexity index is 507. The van der Waals surface area contributed by atoms with E-state index in [-0.39, 0.29) is 18.6 Å². The summed E-state index contributed by atoms with van der Waals surface area (Å²) in [4.78, 5) is 24.6. The number of hydrogen-bond donors (Lipinski definition) is 1. The van der Waals surface area contributed by atoms with Crippen LogP contribution in [0.1, 0.15) is 24.0 Å². The van der Waals surface area contributed by atoms with Crippen molar-refractivity contribution in [1.82, 2.24) is 4.90 Å². The molecule has 1 aliphatic rings. The highest BCUT2D eigenvalue weighted by Crippen LogP contribution is 2.16. The Labute approximate surface area is 124 Å². The summed E-state index contributed by atoms with van der Waals surface area (Å²) in [6.45, 7) is 3.01. The van der Waals surface area contributed by atoms with E-state index in [4.69, 9.17) is 9.84 Å². The molecule has 0 unspecified atom stereocenters. The van der Waals surface area contributed by atoms with Crippen LogP contribution in [-0.2, 0) is 20.7 Å². The summed E-state index contributed by atoms with van der Waals surface area (Å²) >= 11 is 0. The molecule has 0 atom stereocenters. The van der Waals surface area contributed by atoms with Gasteiger partial charge in [-0.15, -0.1) is 0 Å². The van der Waals surface area contributed by atoms with Crippen LogP contribution in [-0.4, -0.2) is 47.7 Å². The predicted molar refractivity (Wildman–Crippen MR) is 78.1 cm³/mol. The maximum Gasteiger partial charge on any atom is 0.329 e. The number of piperidine rings is 1. The average molecular weight is 291 g/mol. The summed E-state index contributed by atoms with van der Waals surface area (Å²) in [7, 11) is 0. The van der Waals surface area contributed by atoms with Gasteiger partial charge in [0, 0.05) is 13.1 Å². The Morgan fingerprint density at radius 2 is 1.95 bits per heavy atom. The molecule has 2 rings (SSSR count). The van der Waals surface area contributed by atoms with Gasteiger partial charge in [0.2, 0.25) is 5.91 Å².